The average molecular weight is 435 g/mol. The van der Waals surface area contributed by atoms with Gasteiger partial charge in [0.1, 0.15) is 6.10 Å². The van der Waals surface area contributed by atoms with Crippen LogP contribution in [0.3, 0.4) is 0 Å². The molecule has 1 unspecified atom stereocenters. The van der Waals surface area contributed by atoms with Gasteiger partial charge in [0.15, 0.2) is 5.96 Å². The van der Waals surface area contributed by atoms with Crippen LogP contribution in [-0.2, 0) is 28.4 Å². The summed E-state index contributed by atoms with van der Waals surface area (Å²) in [5, 5.41) is 7.55. The summed E-state index contributed by atoms with van der Waals surface area (Å²) < 4.78 is 34.2. The minimum Gasteiger partial charge on any atom is -0.370 e. The van der Waals surface area contributed by atoms with Gasteiger partial charge in [0.05, 0.1) is 30.8 Å². The second kappa shape index (κ2) is 9.59. The number of hydrogen-bond acceptors (Lipinski definition) is 5. The number of nitrogens with one attached hydrogen (secondary N) is 1. The second-order valence-corrected chi connectivity index (χ2v) is 9.44. The summed E-state index contributed by atoms with van der Waals surface area (Å²) in [6, 6.07) is 7.00. The number of nitrogens with zero attached hydrogens (tertiary/aromatic N) is 5. The molecule has 9 nitrogen and oxygen atoms in total. The minimum absolute atomic E-state index is 0.0855. The molecular weight excluding hydrogens is 404 g/mol. The molecule has 1 N–H and O–H groups in total. The highest BCUT2D eigenvalue weighted by Gasteiger charge is 2.25. The molecule has 10 heteroatoms. The summed E-state index contributed by atoms with van der Waals surface area (Å²) >= 11 is 0. The van der Waals surface area contributed by atoms with Crippen molar-refractivity contribution in [3.8, 4) is 0 Å². The minimum atomic E-state index is -3.53. The maximum atomic E-state index is 12.7. The lowest BCUT2D eigenvalue weighted by Gasteiger charge is -2.34. The molecule has 164 valence electrons. The lowest BCUT2D eigenvalue weighted by Crippen LogP contribution is -2.48. The number of sulfonamides is 1. The zero-order valence-electron chi connectivity index (χ0n) is 17.9. The highest BCUT2D eigenvalue weighted by atomic mass is 32.2. The van der Waals surface area contributed by atoms with Gasteiger partial charge in [-0.3, -0.25) is 4.68 Å². The Morgan fingerprint density at radius 2 is 2.13 bits per heavy atom. The van der Waals surface area contributed by atoms with Crippen molar-refractivity contribution in [1.29, 1.82) is 0 Å². The molecule has 1 atom stereocenters. The van der Waals surface area contributed by atoms with Gasteiger partial charge in [-0.25, -0.2) is 17.7 Å². The third kappa shape index (κ3) is 5.00. The number of rotatable bonds is 6. The number of ether oxygens (including phenoxy) is 1. The Bertz CT molecular complexity index is 986. The molecule has 3 rings (SSSR count). The Labute approximate surface area is 178 Å². The van der Waals surface area contributed by atoms with Gasteiger partial charge in [0.2, 0.25) is 10.0 Å². The summed E-state index contributed by atoms with van der Waals surface area (Å²) in [7, 11) is 1.42. The number of benzene rings is 1. The van der Waals surface area contributed by atoms with Crippen molar-refractivity contribution in [2.45, 2.75) is 24.5 Å². The maximum absolute atomic E-state index is 12.7. The van der Waals surface area contributed by atoms with Crippen molar-refractivity contribution in [3.05, 3.63) is 47.8 Å². The van der Waals surface area contributed by atoms with E-state index in [9.17, 15) is 8.42 Å². The van der Waals surface area contributed by atoms with Crippen LogP contribution >= 0.6 is 0 Å². The number of hydrogen-bond donors (Lipinski definition) is 1. The van der Waals surface area contributed by atoms with Crippen LogP contribution in [0.2, 0.25) is 0 Å². The highest BCUT2D eigenvalue weighted by molar-refractivity contribution is 7.89. The Kier molecular flexibility index (Phi) is 7.11. The Balaban J connectivity index is 1.82. The summed E-state index contributed by atoms with van der Waals surface area (Å²) in [4.78, 5) is 7.18. The number of morpholine rings is 1. The summed E-state index contributed by atoms with van der Waals surface area (Å²) in [5.41, 5.74) is 1.69. The van der Waals surface area contributed by atoms with Gasteiger partial charge in [-0.2, -0.15) is 5.10 Å². The molecule has 1 saturated heterocycles. The molecule has 0 spiro atoms. The summed E-state index contributed by atoms with van der Waals surface area (Å²) in [6.07, 6.45) is 3.69. The SMILES string of the molecule is CCNC(=NCc1ccccc1S(=O)(=O)N(C)C)N1CCOC(c2cnn(C)c2)C1. The molecule has 1 aliphatic rings. The Morgan fingerprint density at radius 3 is 2.80 bits per heavy atom. The molecule has 0 saturated carbocycles. The van der Waals surface area contributed by atoms with E-state index in [4.69, 9.17) is 9.73 Å². The van der Waals surface area contributed by atoms with Gasteiger partial charge in [0, 0.05) is 46.0 Å². The highest BCUT2D eigenvalue weighted by Crippen LogP contribution is 2.22. The van der Waals surface area contributed by atoms with Gasteiger partial charge < -0.3 is 15.0 Å². The van der Waals surface area contributed by atoms with E-state index >= 15 is 0 Å². The van der Waals surface area contributed by atoms with Gasteiger partial charge in [0.25, 0.3) is 0 Å². The topological polar surface area (TPSA) is 92.1 Å². The van der Waals surface area contributed by atoms with Crippen LogP contribution in [0.5, 0.6) is 0 Å². The quantitative estimate of drug-likeness (QED) is 0.543. The lowest BCUT2D eigenvalue weighted by molar-refractivity contribution is -0.00805. The van der Waals surface area contributed by atoms with Crippen molar-refractivity contribution in [2.24, 2.45) is 12.0 Å². The van der Waals surface area contributed by atoms with E-state index in [1.165, 1.54) is 18.4 Å². The third-order valence-corrected chi connectivity index (χ3v) is 6.84. The number of aliphatic imine (C=N–C) groups is 1. The van der Waals surface area contributed by atoms with E-state index in [0.29, 0.717) is 31.8 Å². The molecule has 30 heavy (non-hydrogen) atoms. The largest absolute Gasteiger partial charge is 0.370 e. The first kappa shape index (κ1) is 22.3. The van der Waals surface area contributed by atoms with Crippen molar-refractivity contribution in [2.75, 3.05) is 40.3 Å². The zero-order valence-corrected chi connectivity index (χ0v) is 18.8. The number of aryl methyl sites for hydroxylation is 1. The second-order valence-electron chi connectivity index (χ2n) is 7.32. The molecule has 2 heterocycles. The fourth-order valence-corrected chi connectivity index (χ4v) is 4.43. The molecule has 0 radical (unpaired) electrons. The van der Waals surface area contributed by atoms with Gasteiger partial charge in [-0.15, -0.1) is 0 Å². The molecule has 2 aromatic rings. The fourth-order valence-electron chi connectivity index (χ4n) is 3.32. The number of guanidine groups is 1. The van der Waals surface area contributed by atoms with E-state index in [1.54, 1.807) is 22.9 Å². The molecule has 1 aromatic heterocycles. The first-order chi connectivity index (χ1) is 14.3. The monoisotopic (exact) mass is 434 g/mol. The molecular formula is C20H30N6O3S. The van der Waals surface area contributed by atoms with Gasteiger partial charge in [-0.05, 0) is 18.6 Å². The molecule has 0 amide bonds. The van der Waals surface area contributed by atoms with Crippen LogP contribution in [0, 0.1) is 0 Å². The first-order valence-electron chi connectivity index (χ1n) is 9.96. The third-order valence-electron chi connectivity index (χ3n) is 4.93. The molecule has 1 aromatic carbocycles. The zero-order chi connectivity index (χ0) is 21.7. The molecule has 0 aliphatic carbocycles. The smallest absolute Gasteiger partial charge is 0.242 e. The van der Waals surface area contributed by atoms with Gasteiger partial charge >= 0.3 is 0 Å². The van der Waals surface area contributed by atoms with Crippen LogP contribution in [0.1, 0.15) is 24.2 Å². The van der Waals surface area contributed by atoms with E-state index in [1.807, 2.05) is 32.4 Å². The van der Waals surface area contributed by atoms with E-state index in [2.05, 4.69) is 15.3 Å². The molecule has 1 aliphatic heterocycles. The maximum Gasteiger partial charge on any atom is 0.242 e. The van der Waals surface area contributed by atoms with Crippen LogP contribution in [0.25, 0.3) is 0 Å². The van der Waals surface area contributed by atoms with E-state index < -0.39 is 10.0 Å². The first-order valence-corrected chi connectivity index (χ1v) is 11.4. The summed E-state index contributed by atoms with van der Waals surface area (Å²) in [5.74, 6) is 0.742. The van der Waals surface area contributed by atoms with Gasteiger partial charge in [-0.1, -0.05) is 18.2 Å². The average Bonchev–Trinajstić information content (AvgIpc) is 3.17. The van der Waals surface area contributed by atoms with E-state index in [0.717, 1.165) is 11.5 Å². The normalized spacial score (nSPS) is 18.1. The molecule has 0 bridgehead atoms. The predicted molar refractivity (Wildman–Crippen MR) is 116 cm³/mol. The summed E-state index contributed by atoms with van der Waals surface area (Å²) in [6.45, 7) is 4.93. The lowest BCUT2D eigenvalue weighted by atomic mass is 10.1. The standard InChI is InChI=1S/C20H30N6O3S/c1-5-21-20(26-10-11-29-18(15-26)17-13-23-25(4)14-17)22-12-16-8-6-7-9-19(16)30(27,28)24(2)3/h6-9,13-14,18H,5,10-12,15H2,1-4H3,(H,21,22). The van der Waals surface area contributed by atoms with Crippen LogP contribution in [0.15, 0.2) is 46.5 Å². The van der Waals surface area contributed by atoms with Crippen molar-refractivity contribution < 1.29 is 13.2 Å². The molecule has 1 fully saturated rings. The van der Waals surface area contributed by atoms with Crippen LogP contribution in [0.4, 0.5) is 0 Å². The Hall–Kier alpha value is -2.43. The predicted octanol–water partition coefficient (Wildman–Crippen LogP) is 1.21. The van der Waals surface area contributed by atoms with Crippen LogP contribution < -0.4 is 5.32 Å². The van der Waals surface area contributed by atoms with Crippen molar-refractivity contribution >= 4 is 16.0 Å². The Morgan fingerprint density at radius 1 is 1.37 bits per heavy atom. The van der Waals surface area contributed by atoms with Crippen LogP contribution in [-0.4, -0.2) is 73.7 Å². The van der Waals surface area contributed by atoms with E-state index in [-0.39, 0.29) is 17.5 Å². The van der Waals surface area contributed by atoms with Crippen molar-refractivity contribution in [3.63, 3.8) is 0 Å². The fraction of sp³-hybridized carbons (Fsp3) is 0.500. The number of aromatic nitrogens is 2. The van der Waals surface area contributed by atoms with Crippen molar-refractivity contribution in [1.82, 2.24) is 24.3 Å².